The van der Waals surface area contributed by atoms with Gasteiger partial charge in [0, 0.05) is 5.56 Å². The Morgan fingerprint density at radius 2 is 1.73 bits per heavy atom. The number of hydrogen-bond donors (Lipinski definition) is 0. The van der Waals surface area contributed by atoms with Crippen LogP contribution in [0.1, 0.15) is 15.9 Å². The molecular formula is C9H6Cl4O2. The summed E-state index contributed by atoms with van der Waals surface area (Å²) in [7, 11) is 0. The molecule has 0 spiro atoms. The van der Waals surface area contributed by atoms with Crippen LogP contribution < -0.4 is 0 Å². The molecule has 0 saturated carbocycles. The van der Waals surface area contributed by atoms with Crippen molar-refractivity contribution in [1.82, 2.24) is 0 Å². The fraction of sp³-hybridized carbons (Fsp3) is 0.222. The minimum Gasteiger partial charge on any atom is -0.446 e. The molecule has 0 aliphatic carbocycles. The topological polar surface area (TPSA) is 26.3 Å². The zero-order valence-electron chi connectivity index (χ0n) is 7.34. The maximum absolute atomic E-state index is 11.2. The van der Waals surface area contributed by atoms with Gasteiger partial charge in [-0.3, -0.25) is 0 Å². The predicted octanol–water partition coefficient (Wildman–Crippen LogP) is 3.87. The van der Waals surface area contributed by atoms with E-state index in [2.05, 4.69) is 4.74 Å². The Morgan fingerprint density at radius 1 is 1.20 bits per heavy atom. The summed E-state index contributed by atoms with van der Waals surface area (Å²) in [5.41, 5.74) is 0.837. The van der Waals surface area contributed by atoms with E-state index in [0.29, 0.717) is 11.1 Å². The molecule has 2 nitrogen and oxygen atoms in total. The lowest BCUT2D eigenvalue weighted by Crippen LogP contribution is -2.05. The number of hydrogen-bond acceptors (Lipinski definition) is 2. The smallest absolute Gasteiger partial charge is 0.339 e. The lowest BCUT2D eigenvalue weighted by atomic mass is 10.1. The van der Waals surface area contributed by atoms with E-state index in [4.69, 9.17) is 46.4 Å². The Bertz CT molecular complexity index is 342. The van der Waals surface area contributed by atoms with Crippen LogP contribution in [-0.4, -0.2) is 12.0 Å². The number of benzene rings is 1. The van der Waals surface area contributed by atoms with Gasteiger partial charge in [0.2, 0.25) is 3.79 Å². The summed E-state index contributed by atoms with van der Waals surface area (Å²) in [4.78, 5) is 11.2. The molecule has 82 valence electrons. The molecular weight excluding hydrogens is 282 g/mol. The SMILES string of the molecule is O=C(OCCl)c1ccc(C(Cl)(Cl)Cl)cc1. The van der Waals surface area contributed by atoms with Crippen molar-refractivity contribution in [3.63, 3.8) is 0 Å². The monoisotopic (exact) mass is 286 g/mol. The number of halogens is 4. The first-order valence-corrected chi connectivity index (χ1v) is 5.52. The van der Waals surface area contributed by atoms with E-state index in [9.17, 15) is 4.79 Å². The van der Waals surface area contributed by atoms with E-state index >= 15 is 0 Å². The van der Waals surface area contributed by atoms with Gasteiger partial charge in [0.25, 0.3) is 0 Å². The van der Waals surface area contributed by atoms with E-state index in [1.54, 1.807) is 0 Å². The Labute approximate surface area is 107 Å². The largest absolute Gasteiger partial charge is 0.446 e. The molecule has 0 aliphatic heterocycles. The molecule has 0 unspecified atom stereocenters. The zero-order chi connectivity index (χ0) is 11.5. The van der Waals surface area contributed by atoms with Gasteiger partial charge in [0.1, 0.15) is 0 Å². The van der Waals surface area contributed by atoms with Crippen LogP contribution in [0.5, 0.6) is 0 Å². The summed E-state index contributed by atoms with van der Waals surface area (Å²) < 4.78 is 3.09. The summed E-state index contributed by atoms with van der Waals surface area (Å²) in [5, 5.41) is 0. The molecule has 1 rings (SSSR count). The molecule has 0 fully saturated rings. The predicted molar refractivity (Wildman–Crippen MR) is 61.8 cm³/mol. The van der Waals surface area contributed by atoms with Crippen LogP contribution in [-0.2, 0) is 8.53 Å². The molecule has 0 aromatic heterocycles. The van der Waals surface area contributed by atoms with Crippen molar-refractivity contribution in [2.45, 2.75) is 3.79 Å². The molecule has 0 bridgehead atoms. The van der Waals surface area contributed by atoms with Crippen LogP contribution in [0.25, 0.3) is 0 Å². The van der Waals surface area contributed by atoms with Crippen molar-refractivity contribution < 1.29 is 9.53 Å². The molecule has 15 heavy (non-hydrogen) atoms. The van der Waals surface area contributed by atoms with E-state index in [1.165, 1.54) is 24.3 Å². The van der Waals surface area contributed by atoms with Crippen molar-refractivity contribution in [2.24, 2.45) is 0 Å². The molecule has 0 saturated heterocycles. The number of esters is 1. The number of alkyl halides is 4. The third-order valence-electron chi connectivity index (χ3n) is 1.63. The zero-order valence-corrected chi connectivity index (χ0v) is 10.4. The lowest BCUT2D eigenvalue weighted by Gasteiger charge is -2.11. The summed E-state index contributed by atoms with van der Waals surface area (Å²) in [6.45, 7) is 0. The van der Waals surface area contributed by atoms with Crippen LogP contribution in [0.3, 0.4) is 0 Å². The fourth-order valence-electron chi connectivity index (χ4n) is 0.928. The molecule has 0 radical (unpaired) electrons. The van der Waals surface area contributed by atoms with Gasteiger partial charge in [-0.25, -0.2) is 4.79 Å². The molecule has 0 heterocycles. The second kappa shape index (κ2) is 5.26. The van der Waals surface area contributed by atoms with Gasteiger partial charge in [0.05, 0.1) is 5.56 Å². The normalized spacial score (nSPS) is 11.2. The lowest BCUT2D eigenvalue weighted by molar-refractivity contribution is 0.0574. The van der Waals surface area contributed by atoms with Crippen molar-refractivity contribution in [3.8, 4) is 0 Å². The van der Waals surface area contributed by atoms with E-state index in [0.717, 1.165) is 0 Å². The van der Waals surface area contributed by atoms with Gasteiger partial charge in [-0.2, -0.15) is 0 Å². The Hall–Kier alpha value is -0.150. The molecule has 0 N–H and O–H groups in total. The first-order valence-electron chi connectivity index (χ1n) is 3.85. The van der Waals surface area contributed by atoms with Crippen molar-refractivity contribution in [3.05, 3.63) is 35.4 Å². The highest BCUT2D eigenvalue weighted by Crippen LogP contribution is 2.37. The second-order valence-electron chi connectivity index (χ2n) is 2.62. The highest BCUT2D eigenvalue weighted by Gasteiger charge is 2.22. The van der Waals surface area contributed by atoms with Crippen molar-refractivity contribution in [1.29, 1.82) is 0 Å². The third kappa shape index (κ3) is 3.72. The van der Waals surface area contributed by atoms with Crippen molar-refractivity contribution in [2.75, 3.05) is 6.07 Å². The maximum atomic E-state index is 11.2. The van der Waals surface area contributed by atoms with Crippen LogP contribution in [0.2, 0.25) is 0 Å². The van der Waals surface area contributed by atoms with Gasteiger partial charge in [-0.05, 0) is 12.1 Å². The van der Waals surface area contributed by atoms with Crippen LogP contribution in [0, 0.1) is 0 Å². The van der Waals surface area contributed by atoms with E-state index in [-0.39, 0.29) is 6.07 Å². The second-order valence-corrected chi connectivity index (χ2v) is 5.12. The molecule has 0 aliphatic rings. The van der Waals surface area contributed by atoms with Gasteiger partial charge in [-0.1, -0.05) is 58.5 Å². The Balaban J connectivity index is 2.86. The van der Waals surface area contributed by atoms with E-state index < -0.39 is 9.76 Å². The Kier molecular flexibility index (Phi) is 4.53. The summed E-state index contributed by atoms with van der Waals surface area (Å²) in [6, 6.07) is 5.90. The average molecular weight is 288 g/mol. The van der Waals surface area contributed by atoms with Gasteiger partial charge >= 0.3 is 5.97 Å². The minimum absolute atomic E-state index is 0.189. The third-order valence-corrected chi connectivity index (χ3v) is 2.40. The van der Waals surface area contributed by atoms with Crippen molar-refractivity contribution >= 4 is 52.4 Å². The summed E-state index contributed by atoms with van der Waals surface area (Å²) in [6.07, 6.45) is 0. The Morgan fingerprint density at radius 3 is 2.13 bits per heavy atom. The van der Waals surface area contributed by atoms with Crippen LogP contribution in [0.15, 0.2) is 24.3 Å². The van der Waals surface area contributed by atoms with Gasteiger partial charge < -0.3 is 4.74 Å². The van der Waals surface area contributed by atoms with Crippen LogP contribution >= 0.6 is 46.4 Å². The summed E-state index contributed by atoms with van der Waals surface area (Å²) in [5.74, 6) is -0.513. The number of carbonyl (C=O) groups is 1. The highest BCUT2D eigenvalue weighted by atomic mass is 35.6. The fourth-order valence-corrected chi connectivity index (χ4v) is 1.41. The molecule has 6 heteroatoms. The quantitative estimate of drug-likeness (QED) is 0.610. The van der Waals surface area contributed by atoms with Crippen LogP contribution in [0.4, 0.5) is 0 Å². The minimum atomic E-state index is -1.49. The number of rotatable bonds is 2. The first-order chi connectivity index (χ1) is 6.95. The first kappa shape index (κ1) is 12.9. The standard InChI is InChI=1S/C9H6Cl4O2/c10-5-15-8(14)6-1-3-7(4-2-6)9(11,12)13/h1-4H,5H2. The molecule has 0 amide bonds. The van der Waals surface area contributed by atoms with Gasteiger partial charge in [0.15, 0.2) is 6.07 Å². The molecule has 1 aromatic rings. The highest BCUT2D eigenvalue weighted by molar-refractivity contribution is 6.66. The maximum Gasteiger partial charge on any atom is 0.339 e. The molecule has 1 aromatic carbocycles. The summed E-state index contributed by atoms with van der Waals surface area (Å²) >= 11 is 22.2. The number of carbonyl (C=O) groups excluding carboxylic acids is 1. The van der Waals surface area contributed by atoms with Gasteiger partial charge in [-0.15, -0.1) is 0 Å². The van der Waals surface area contributed by atoms with E-state index in [1.807, 2.05) is 0 Å². The molecule has 0 atom stereocenters. The average Bonchev–Trinajstić information content (AvgIpc) is 2.17. The number of ether oxygens (including phenoxy) is 1.